The van der Waals surface area contributed by atoms with E-state index >= 15 is 0 Å². The van der Waals surface area contributed by atoms with Crippen LogP contribution in [0.3, 0.4) is 0 Å². The standard InChI is InChI=1S/C20H20N2O3/c1-22(2)19(24)25-20(15-21,14-13-16-9-5-3-6-10-16)18(23)17-11-7-4-8-12-17/h3-12H,13-14H2,1-2H3/t20-/m1/s1. The van der Waals surface area contributed by atoms with Crippen molar-refractivity contribution in [3.8, 4) is 6.07 Å². The van der Waals surface area contributed by atoms with Gasteiger partial charge in [-0.05, 0) is 12.0 Å². The molecule has 0 aromatic heterocycles. The molecule has 0 N–H and O–H groups in total. The Hall–Kier alpha value is -3.13. The number of nitrogens with zero attached hydrogens (tertiary/aromatic N) is 2. The second kappa shape index (κ2) is 8.11. The lowest BCUT2D eigenvalue weighted by molar-refractivity contribution is 0.0261. The third-order valence-electron chi connectivity index (χ3n) is 3.82. The molecule has 25 heavy (non-hydrogen) atoms. The maximum Gasteiger partial charge on any atom is 0.411 e. The number of benzene rings is 2. The van der Waals surface area contributed by atoms with Crippen molar-refractivity contribution in [2.45, 2.75) is 18.4 Å². The van der Waals surface area contributed by atoms with Gasteiger partial charge in [-0.25, -0.2) is 4.79 Å². The lowest BCUT2D eigenvalue weighted by Crippen LogP contribution is -2.45. The molecule has 2 rings (SSSR count). The molecule has 1 amide bonds. The number of aryl methyl sites for hydroxylation is 1. The minimum Gasteiger partial charge on any atom is -0.419 e. The molecule has 0 heterocycles. The van der Waals surface area contributed by atoms with E-state index in [1.165, 1.54) is 19.0 Å². The van der Waals surface area contributed by atoms with Gasteiger partial charge >= 0.3 is 6.09 Å². The summed E-state index contributed by atoms with van der Waals surface area (Å²) in [6.07, 6.45) is -0.201. The first kappa shape index (κ1) is 18.2. The van der Waals surface area contributed by atoms with Crippen molar-refractivity contribution < 1.29 is 14.3 Å². The van der Waals surface area contributed by atoms with Crippen LogP contribution < -0.4 is 0 Å². The van der Waals surface area contributed by atoms with E-state index in [0.717, 1.165) is 5.56 Å². The number of amides is 1. The second-order valence-corrected chi connectivity index (χ2v) is 5.88. The predicted molar refractivity (Wildman–Crippen MR) is 94.0 cm³/mol. The first-order valence-electron chi connectivity index (χ1n) is 7.94. The van der Waals surface area contributed by atoms with Crippen LogP contribution in [-0.2, 0) is 11.2 Å². The number of ether oxygens (including phenoxy) is 1. The van der Waals surface area contributed by atoms with Crippen LogP contribution in [-0.4, -0.2) is 36.5 Å². The van der Waals surface area contributed by atoms with Gasteiger partial charge in [0.2, 0.25) is 5.78 Å². The van der Waals surface area contributed by atoms with Crippen LogP contribution >= 0.6 is 0 Å². The van der Waals surface area contributed by atoms with Crippen molar-refractivity contribution in [2.75, 3.05) is 14.1 Å². The Balaban J connectivity index is 2.33. The monoisotopic (exact) mass is 336 g/mol. The Bertz CT molecular complexity index is 767. The highest BCUT2D eigenvalue weighted by Gasteiger charge is 2.43. The van der Waals surface area contributed by atoms with E-state index in [2.05, 4.69) is 0 Å². The van der Waals surface area contributed by atoms with E-state index in [4.69, 9.17) is 4.74 Å². The molecular formula is C20H20N2O3. The van der Waals surface area contributed by atoms with Crippen LogP contribution in [0.4, 0.5) is 4.79 Å². The maximum atomic E-state index is 13.0. The van der Waals surface area contributed by atoms with Crippen LogP contribution in [0.2, 0.25) is 0 Å². The minimum atomic E-state index is -1.86. The van der Waals surface area contributed by atoms with Gasteiger partial charge in [0.05, 0.1) is 0 Å². The molecule has 0 saturated carbocycles. The Morgan fingerprint density at radius 1 is 1.04 bits per heavy atom. The summed E-state index contributed by atoms with van der Waals surface area (Å²) in [5, 5.41) is 9.75. The fourth-order valence-electron chi connectivity index (χ4n) is 2.37. The second-order valence-electron chi connectivity index (χ2n) is 5.88. The van der Waals surface area contributed by atoms with E-state index < -0.39 is 17.5 Å². The number of Topliss-reactive ketones (excluding diaryl/α,β-unsaturated/α-hetero) is 1. The summed E-state index contributed by atoms with van der Waals surface area (Å²) < 4.78 is 5.36. The molecule has 0 aliphatic rings. The summed E-state index contributed by atoms with van der Waals surface area (Å²) >= 11 is 0. The maximum absolute atomic E-state index is 13.0. The smallest absolute Gasteiger partial charge is 0.411 e. The highest BCUT2D eigenvalue weighted by molar-refractivity contribution is 6.05. The predicted octanol–water partition coefficient (Wildman–Crippen LogP) is 3.46. The van der Waals surface area contributed by atoms with Crippen molar-refractivity contribution in [3.05, 3.63) is 71.8 Å². The topological polar surface area (TPSA) is 70.4 Å². The zero-order valence-electron chi connectivity index (χ0n) is 14.3. The number of carbonyl (C=O) groups excluding carboxylic acids is 2. The number of ketones is 1. The lowest BCUT2D eigenvalue weighted by atomic mass is 9.88. The van der Waals surface area contributed by atoms with Gasteiger partial charge in [0.1, 0.15) is 6.07 Å². The Morgan fingerprint density at radius 2 is 1.60 bits per heavy atom. The summed E-state index contributed by atoms with van der Waals surface area (Å²) in [7, 11) is 3.02. The van der Waals surface area contributed by atoms with Crippen molar-refractivity contribution in [1.82, 2.24) is 4.90 Å². The zero-order chi connectivity index (χ0) is 18.3. The summed E-state index contributed by atoms with van der Waals surface area (Å²) in [5.41, 5.74) is -0.564. The van der Waals surface area contributed by atoms with Gasteiger partial charge in [0, 0.05) is 26.1 Å². The molecule has 5 heteroatoms. The van der Waals surface area contributed by atoms with E-state index in [0.29, 0.717) is 12.0 Å². The fourth-order valence-corrected chi connectivity index (χ4v) is 2.37. The average Bonchev–Trinajstić information content (AvgIpc) is 2.66. The third-order valence-corrected chi connectivity index (χ3v) is 3.82. The molecule has 0 unspecified atom stereocenters. The van der Waals surface area contributed by atoms with Crippen LogP contribution in [0.1, 0.15) is 22.3 Å². The van der Waals surface area contributed by atoms with Crippen LogP contribution in [0.25, 0.3) is 0 Å². The Labute approximate surface area is 147 Å². The normalized spacial score (nSPS) is 12.5. The molecule has 0 aliphatic carbocycles. The molecule has 0 aliphatic heterocycles. The van der Waals surface area contributed by atoms with E-state index in [9.17, 15) is 14.9 Å². The molecule has 0 spiro atoms. The molecule has 1 atom stereocenters. The molecule has 0 bridgehead atoms. The number of carbonyl (C=O) groups is 2. The van der Waals surface area contributed by atoms with E-state index in [-0.39, 0.29) is 6.42 Å². The number of hydrogen-bond donors (Lipinski definition) is 0. The minimum absolute atomic E-state index is 0.0841. The van der Waals surface area contributed by atoms with Crippen LogP contribution in [0, 0.1) is 11.3 Å². The van der Waals surface area contributed by atoms with E-state index in [1.807, 2.05) is 36.4 Å². The largest absolute Gasteiger partial charge is 0.419 e. The Morgan fingerprint density at radius 3 is 2.12 bits per heavy atom. The quantitative estimate of drug-likeness (QED) is 0.757. The summed E-state index contributed by atoms with van der Waals surface area (Å²) in [5.74, 6) is -0.512. The molecule has 2 aromatic carbocycles. The first-order valence-corrected chi connectivity index (χ1v) is 7.94. The highest BCUT2D eigenvalue weighted by Crippen LogP contribution is 2.25. The van der Waals surface area contributed by atoms with Gasteiger partial charge in [-0.1, -0.05) is 60.7 Å². The van der Waals surface area contributed by atoms with Crippen molar-refractivity contribution in [3.63, 3.8) is 0 Å². The number of hydrogen-bond acceptors (Lipinski definition) is 4. The molecule has 0 saturated heterocycles. The van der Waals surface area contributed by atoms with Gasteiger partial charge in [-0.15, -0.1) is 0 Å². The van der Waals surface area contributed by atoms with Gasteiger partial charge in [0.25, 0.3) is 5.60 Å². The highest BCUT2D eigenvalue weighted by atomic mass is 16.6. The molecule has 128 valence electrons. The molecular weight excluding hydrogens is 316 g/mol. The van der Waals surface area contributed by atoms with E-state index in [1.54, 1.807) is 30.3 Å². The molecule has 0 radical (unpaired) electrons. The number of rotatable bonds is 6. The zero-order valence-corrected chi connectivity index (χ0v) is 14.3. The van der Waals surface area contributed by atoms with Crippen LogP contribution in [0.15, 0.2) is 60.7 Å². The Kier molecular flexibility index (Phi) is 5.91. The van der Waals surface area contributed by atoms with Crippen molar-refractivity contribution >= 4 is 11.9 Å². The molecule has 5 nitrogen and oxygen atoms in total. The van der Waals surface area contributed by atoms with Gasteiger partial charge in [0.15, 0.2) is 0 Å². The third kappa shape index (κ3) is 4.45. The summed E-state index contributed by atoms with van der Waals surface area (Å²) in [4.78, 5) is 26.2. The average molecular weight is 336 g/mol. The van der Waals surface area contributed by atoms with Crippen molar-refractivity contribution in [2.24, 2.45) is 0 Å². The van der Waals surface area contributed by atoms with Crippen molar-refractivity contribution in [1.29, 1.82) is 5.26 Å². The van der Waals surface area contributed by atoms with Gasteiger partial charge in [-0.2, -0.15) is 5.26 Å². The summed E-state index contributed by atoms with van der Waals surface area (Å²) in [6, 6.07) is 19.8. The van der Waals surface area contributed by atoms with Gasteiger partial charge < -0.3 is 9.64 Å². The fraction of sp³-hybridized carbons (Fsp3) is 0.250. The molecule has 0 fully saturated rings. The van der Waals surface area contributed by atoms with Gasteiger partial charge in [-0.3, -0.25) is 4.79 Å². The summed E-state index contributed by atoms with van der Waals surface area (Å²) in [6.45, 7) is 0. The first-order chi connectivity index (χ1) is 12.0. The van der Waals surface area contributed by atoms with Crippen LogP contribution in [0.5, 0.6) is 0 Å². The lowest BCUT2D eigenvalue weighted by Gasteiger charge is -2.27. The SMILES string of the molecule is CN(C)C(=O)O[C@@](C#N)(CCc1ccccc1)C(=O)c1ccccc1. The number of nitriles is 1. The molecule has 2 aromatic rings.